The van der Waals surface area contributed by atoms with Crippen LogP contribution in [0.3, 0.4) is 0 Å². The molecular weight excluding hydrogens is 451 g/mol. The number of hydrogen-bond donors (Lipinski definition) is 1. The van der Waals surface area contributed by atoms with Gasteiger partial charge in [0.1, 0.15) is 16.6 Å². The van der Waals surface area contributed by atoms with Crippen molar-refractivity contribution in [2.45, 2.75) is 64.1 Å². The summed E-state index contributed by atoms with van der Waals surface area (Å²) >= 11 is 2.70. The van der Waals surface area contributed by atoms with E-state index in [-0.39, 0.29) is 11.7 Å². The molecule has 0 aliphatic carbocycles. The molecule has 32 heavy (non-hydrogen) atoms. The molecule has 0 radical (unpaired) electrons. The summed E-state index contributed by atoms with van der Waals surface area (Å²) in [6.45, 7) is 10.5. The van der Waals surface area contributed by atoms with E-state index in [2.05, 4.69) is 39.6 Å². The molecule has 0 fully saturated rings. The van der Waals surface area contributed by atoms with Crippen molar-refractivity contribution >= 4 is 34.1 Å². The van der Waals surface area contributed by atoms with E-state index < -0.39 is 11.4 Å². The Morgan fingerprint density at radius 1 is 1.16 bits per heavy atom. The van der Waals surface area contributed by atoms with Crippen LogP contribution in [0.4, 0.5) is 9.52 Å². The van der Waals surface area contributed by atoms with Crippen molar-refractivity contribution in [3.05, 3.63) is 40.9 Å². The summed E-state index contributed by atoms with van der Waals surface area (Å²) in [7, 11) is 0. The number of ether oxygens (including phenoxy) is 1. The van der Waals surface area contributed by atoms with Crippen molar-refractivity contribution in [3.63, 3.8) is 0 Å². The number of carbonyl (C=O) groups is 1. The fourth-order valence-corrected chi connectivity index (χ4v) is 4.41. The molecule has 0 saturated heterocycles. The summed E-state index contributed by atoms with van der Waals surface area (Å²) in [6.07, 6.45) is 0.371. The van der Waals surface area contributed by atoms with Crippen LogP contribution in [0.25, 0.3) is 0 Å². The summed E-state index contributed by atoms with van der Waals surface area (Å²) in [5.41, 5.74) is 0. The molecule has 2 heterocycles. The molecule has 2 atom stereocenters. The molecule has 8 nitrogen and oxygen atoms in total. The van der Waals surface area contributed by atoms with E-state index in [1.807, 2.05) is 25.3 Å². The van der Waals surface area contributed by atoms with E-state index >= 15 is 0 Å². The van der Waals surface area contributed by atoms with Gasteiger partial charge in [0.15, 0.2) is 17.1 Å². The fourth-order valence-electron chi connectivity index (χ4n) is 2.86. The highest BCUT2D eigenvalue weighted by Gasteiger charge is 2.24. The molecule has 172 valence electrons. The Morgan fingerprint density at radius 2 is 1.88 bits per heavy atom. The average molecular weight is 479 g/mol. The lowest BCUT2D eigenvalue weighted by atomic mass is 10.2. The van der Waals surface area contributed by atoms with Crippen molar-refractivity contribution in [2.24, 2.45) is 5.92 Å². The van der Waals surface area contributed by atoms with Crippen LogP contribution in [-0.2, 0) is 17.8 Å². The molecule has 0 aliphatic rings. The summed E-state index contributed by atoms with van der Waals surface area (Å²) in [6, 6.07) is 5.86. The minimum atomic E-state index is -0.416. The van der Waals surface area contributed by atoms with Crippen LogP contribution < -0.4 is 10.1 Å². The van der Waals surface area contributed by atoms with Gasteiger partial charge in [-0.1, -0.05) is 43.9 Å². The second kappa shape index (κ2) is 10.9. The Labute approximate surface area is 195 Å². The van der Waals surface area contributed by atoms with E-state index in [4.69, 9.17) is 4.74 Å². The quantitative estimate of drug-likeness (QED) is 0.420. The van der Waals surface area contributed by atoms with Crippen LogP contribution in [0, 0.1) is 11.7 Å². The highest BCUT2D eigenvalue weighted by atomic mass is 32.2. The standard InChI is InChI=1S/C21H27FN6O2S2/c1-6-17-24-26-20(32-17)23-19(29)14(5)31-21-27-25-18(28(21)11-12(2)3)13(4)30-16-9-7-15(22)8-10-16/h7-10,12-14H,6,11H2,1-5H3,(H,23,26,29). The van der Waals surface area contributed by atoms with Gasteiger partial charge in [-0.2, -0.15) is 0 Å². The fraction of sp³-hybridized carbons (Fsp3) is 0.476. The summed E-state index contributed by atoms with van der Waals surface area (Å²) in [5, 5.41) is 21.1. The first-order valence-corrected chi connectivity index (χ1v) is 12.1. The van der Waals surface area contributed by atoms with Crippen LogP contribution in [0.15, 0.2) is 29.4 Å². The van der Waals surface area contributed by atoms with E-state index in [9.17, 15) is 9.18 Å². The highest BCUT2D eigenvalue weighted by molar-refractivity contribution is 8.00. The molecule has 1 N–H and O–H groups in total. The molecule has 1 aromatic carbocycles. The summed E-state index contributed by atoms with van der Waals surface area (Å²) < 4.78 is 21.1. The maximum atomic E-state index is 13.2. The first-order valence-electron chi connectivity index (χ1n) is 10.4. The van der Waals surface area contributed by atoms with E-state index in [1.54, 1.807) is 12.1 Å². The van der Waals surface area contributed by atoms with Crippen molar-refractivity contribution in [3.8, 4) is 5.75 Å². The predicted octanol–water partition coefficient (Wildman–Crippen LogP) is 4.75. The lowest BCUT2D eigenvalue weighted by Crippen LogP contribution is -2.23. The lowest BCUT2D eigenvalue weighted by molar-refractivity contribution is -0.115. The van der Waals surface area contributed by atoms with Gasteiger partial charge in [-0.25, -0.2) is 4.39 Å². The lowest BCUT2D eigenvalue weighted by Gasteiger charge is -2.18. The second-order valence-electron chi connectivity index (χ2n) is 7.66. The molecule has 2 unspecified atom stereocenters. The zero-order chi connectivity index (χ0) is 23.3. The van der Waals surface area contributed by atoms with E-state index in [1.165, 1.54) is 35.2 Å². The number of nitrogens with one attached hydrogen (secondary N) is 1. The monoisotopic (exact) mass is 478 g/mol. The van der Waals surface area contributed by atoms with Gasteiger partial charge >= 0.3 is 0 Å². The van der Waals surface area contributed by atoms with Gasteiger partial charge < -0.3 is 9.30 Å². The topological polar surface area (TPSA) is 94.8 Å². The zero-order valence-electron chi connectivity index (χ0n) is 18.7. The maximum absolute atomic E-state index is 13.2. The Kier molecular flexibility index (Phi) is 8.19. The highest BCUT2D eigenvalue weighted by Crippen LogP contribution is 2.28. The molecule has 1 amide bonds. The molecule has 0 aliphatic heterocycles. The Balaban J connectivity index is 1.73. The Morgan fingerprint density at radius 3 is 2.50 bits per heavy atom. The third-order valence-corrected chi connectivity index (χ3v) is 6.50. The van der Waals surface area contributed by atoms with E-state index in [0.29, 0.717) is 34.3 Å². The number of carbonyl (C=O) groups excluding carboxylic acids is 1. The molecule has 2 aromatic heterocycles. The van der Waals surface area contributed by atoms with Crippen molar-refractivity contribution in [1.82, 2.24) is 25.0 Å². The molecular formula is C21H27FN6O2S2. The number of anilines is 1. The molecule has 11 heteroatoms. The number of rotatable bonds is 10. The van der Waals surface area contributed by atoms with Gasteiger partial charge in [0, 0.05) is 6.54 Å². The zero-order valence-corrected chi connectivity index (χ0v) is 20.3. The molecule has 3 rings (SSSR count). The Bertz CT molecular complexity index is 1040. The first kappa shape index (κ1) is 24.1. The minimum Gasteiger partial charge on any atom is -0.483 e. The number of thioether (sulfide) groups is 1. The van der Waals surface area contributed by atoms with Gasteiger partial charge in [-0.15, -0.1) is 20.4 Å². The van der Waals surface area contributed by atoms with Gasteiger partial charge in [0.05, 0.1) is 5.25 Å². The van der Waals surface area contributed by atoms with Crippen LogP contribution in [0.1, 0.15) is 51.6 Å². The number of halogens is 1. The normalized spacial score (nSPS) is 13.2. The van der Waals surface area contributed by atoms with Crippen LogP contribution in [-0.4, -0.2) is 36.1 Å². The van der Waals surface area contributed by atoms with Crippen molar-refractivity contribution in [2.75, 3.05) is 5.32 Å². The minimum absolute atomic E-state index is 0.176. The molecule has 0 saturated carbocycles. The number of aromatic nitrogens is 5. The number of nitrogens with zero attached hydrogens (tertiary/aromatic N) is 5. The summed E-state index contributed by atoms with van der Waals surface area (Å²) in [5.74, 6) is 1.03. The Hall–Kier alpha value is -2.53. The number of hydrogen-bond acceptors (Lipinski definition) is 8. The van der Waals surface area contributed by atoms with Gasteiger partial charge in [0.2, 0.25) is 11.0 Å². The number of amides is 1. The predicted molar refractivity (Wildman–Crippen MR) is 124 cm³/mol. The number of benzene rings is 1. The van der Waals surface area contributed by atoms with E-state index in [0.717, 1.165) is 11.4 Å². The third-order valence-electron chi connectivity index (χ3n) is 4.43. The average Bonchev–Trinajstić information content (AvgIpc) is 3.36. The van der Waals surface area contributed by atoms with Gasteiger partial charge in [-0.05, 0) is 50.5 Å². The second-order valence-corrected chi connectivity index (χ2v) is 10.0. The van der Waals surface area contributed by atoms with Crippen LogP contribution >= 0.6 is 23.1 Å². The molecule has 0 spiro atoms. The van der Waals surface area contributed by atoms with Gasteiger partial charge in [0.25, 0.3) is 0 Å². The van der Waals surface area contributed by atoms with Gasteiger partial charge in [-0.3, -0.25) is 10.1 Å². The van der Waals surface area contributed by atoms with Crippen molar-refractivity contribution < 1.29 is 13.9 Å². The van der Waals surface area contributed by atoms with Crippen LogP contribution in [0.5, 0.6) is 5.75 Å². The summed E-state index contributed by atoms with van der Waals surface area (Å²) in [4.78, 5) is 12.7. The molecule has 3 aromatic rings. The van der Waals surface area contributed by atoms with Crippen molar-refractivity contribution in [1.29, 1.82) is 0 Å². The SMILES string of the molecule is CCc1nnc(NC(=O)C(C)Sc2nnc(C(C)Oc3ccc(F)cc3)n2CC(C)C)s1. The van der Waals surface area contributed by atoms with Crippen LogP contribution in [0.2, 0.25) is 0 Å². The first-order chi connectivity index (χ1) is 15.3. The maximum Gasteiger partial charge on any atom is 0.239 e. The largest absolute Gasteiger partial charge is 0.483 e. The molecule has 0 bridgehead atoms. The smallest absolute Gasteiger partial charge is 0.239 e. The third kappa shape index (κ3) is 6.26. The number of aryl methyl sites for hydroxylation is 1.